The number of rotatable bonds is 2. The zero-order valence-electron chi connectivity index (χ0n) is 11.8. The molecule has 1 saturated heterocycles. The van der Waals surface area contributed by atoms with Gasteiger partial charge < -0.3 is 16.0 Å². The summed E-state index contributed by atoms with van der Waals surface area (Å²) in [7, 11) is 0. The zero-order valence-corrected chi connectivity index (χ0v) is 11.8. The fraction of sp³-hybridized carbons (Fsp3) is 0.846. The number of carbonyl (C=O) groups excluding carboxylic acids is 2. The van der Waals surface area contributed by atoms with Crippen molar-refractivity contribution in [3.8, 4) is 0 Å². The second kappa shape index (κ2) is 5.69. The van der Waals surface area contributed by atoms with Crippen LogP contribution in [0.15, 0.2) is 0 Å². The molecular formula is C13H25N3O2. The van der Waals surface area contributed by atoms with Gasteiger partial charge in [0.2, 0.25) is 11.8 Å². The fourth-order valence-electron chi connectivity index (χ4n) is 2.10. The fourth-order valence-corrected chi connectivity index (χ4v) is 2.10. The molecule has 18 heavy (non-hydrogen) atoms. The monoisotopic (exact) mass is 255 g/mol. The minimum atomic E-state index is -0.463. The summed E-state index contributed by atoms with van der Waals surface area (Å²) in [4.78, 5) is 25.0. The number of hydrogen-bond acceptors (Lipinski definition) is 3. The molecule has 3 N–H and O–H groups in total. The van der Waals surface area contributed by atoms with Crippen LogP contribution in [-0.4, -0.2) is 41.9 Å². The average Bonchev–Trinajstić information content (AvgIpc) is 2.26. The summed E-state index contributed by atoms with van der Waals surface area (Å²) in [6, 6.07) is -0.271. The third-order valence-corrected chi connectivity index (χ3v) is 3.41. The Hall–Kier alpha value is -1.10. The summed E-state index contributed by atoms with van der Waals surface area (Å²) in [6.45, 7) is 8.78. The number of likely N-dealkylation sites (tertiary alicyclic amines) is 1. The molecule has 2 amide bonds. The molecule has 0 aromatic rings. The second-order valence-corrected chi connectivity index (χ2v) is 6.14. The molecule has 1 aliphatic rings. The van der Waals surface area contributed by atoms with E-state index in [4.69, 9.17) is 5.73 Å². The number of piperidine rings is 1. The van der Waals surface area contributed by atoms with Crippen LogP contribution < -0.4 is 11.1 Å². The van der Waals surface area contributed by atoms with Gasteiger partial charge in [0.15, 0.2) is 0 Å². The first-order chi connectivity index (χ1) is 8.21. The SMILES string of the molecule is CC(=O)NC1CCN(C(=O)[C@@H](N)C(C)(C)C)CC1. The highest BCUT2D eigenvalue weighted by Crippen LogP contribution is 2.21. The molecule has 0 bridgehead atoms. The Morgan fingerprint density at radius 2 is 1.78 bits per heavy atom. The summed E-state index contributed by atoms with van der Waals surface area (Å²) in [6.07, 6.45) is 1.62. The number of nitrogens with one attached hydrogen (secondary N) is 1. The predicted molar refractivity (Wildman–Crippen MR) is 70.8 cm³/mol. The summed E-state index contributed by atoms with van der Waals surface area (Å²) < 4.78 is 0. The van der Waals surface area contributed by atoms with Crippen LogP contribution in [0.4, 0.5) is 0 Å². The summed E-state index contributed by atoms with van der Waals surface area (Å²) in [5, 5.41) is 2.89. The van der Waals surface area contributed by atoms with Crippen molar-refractivity contribution in [3.63, 3.8) is 0 Å². The number of nitrogens with two attached hydrogens (primary N) is 1. The van der Waals surface area contributed by atoms with Crippen LogP contribution in [0, 0.1) is 5.41 Å². The van der Waals surface area contributed by atoms with Crippen LogP contribution in [0.25, 0.3) is 0 Å². The lowest BCUT2D eigenvalue weighted by molar-refractivity contribution is -0.136. The van der Waals surface area contributed by atoms with E-state index in [1.165, 1.54) is 6.92 Å². The molecule has 5 heteroatoms. The van der Waals surface area contributed by atoms with Gasteiger partial charge in [0.05, 0.1) is 6.04 Å². The van der Waals surface area contributed by atoms with E-state index in [2.05, 4.69) is 5.32 Å². The van der Waals surface area contributed by atoms with E-state index in [-0.39, 0.29) is 23.3 Å². The summed E-state index contributed by atoms with van der Waals surface area (Å²) >= 11 is 0. The van der Waals surface area contributed by atoms with Gasteiger partial charge in [-0.2, -0.15) is 0 Å². The van der Waals surface area contributed by atoms with Crippen LogP contribution in [0.2, 0.25) is 0 Å². The Morgan fingerprint density at radius 1 is 1.28 bits per heavy atom. The van der Waals surface area contributed by atoms with Crippen molar-refractivity contribution in [2.24, 2.45) is 11.1 Å². The topological polar surface area (TPSA) is 75.4 Å². The van der Waals surface area contributed by atoms with E-state index in [1.54, 1.807) is 0 Å². The molecule has 1 fully saturated rings. The molecule has 0 aromatic carbocycles. The normalized spacial score (nSPS) is 19.5. The van der Waals surface area contributed by atoms with Crippen molar-refractivity contribution in [3.05, 3.63) is 0 Å². The lowest BCUT2D eigenvalue weighted by Gasteiger charge is -2.36. The lowest BCUT2D eigenvalue weighted by atomic mass is 9.86. The number of amides is 2. The minimum Gasteiger partial charge on any atom is -0.353 e. The van der Waals surface area contributed by atoms with Crippen LogP contribution >= 0.6 is 0 Å². The van der Waals surface area contributed by atoms with Crippen molar-refractivity contribution in [2.75, 3.05) is 13.1 Å². The molecule has 0 spiro atoms. The van der Waals surface area contributed by atoms with Gasteiger partial charge >= 0.3 is 0 Å². The first kappa shape index (κ1) is 15.0. The molecule has 0 unspecified atom stereocenters. The first-order valence-electron chi connectivity index (χ1n) is 6.53. The number of nitrogens with zero attached hydrogens (tertiary/aromatic N) is 1. The van der Waals surface area contributed by atoms with Crippen molar-refractivity contribution < 1.29 is 9.59 Å². The van der Waals surface area contributed by atoms with E-state index in [9.17, 15) is 9.59 Å². The molecular weight excluding hydrogens is 230 g/mol. The molecule has 0 aromatic heterocycles. The third kappa shape index (κ3) is 3.98. The quantitative estimate of drug-likeness (QED) is 0.754. The van der Waals surface area contributed by atoms with Crippen molar-refractivity contribution in [1.29, 1.82) is 0 Å². The molecule has 104 valence electrons. The first-order valence-corrected chi connectivity index (χ1v) is 6.53. The highest BCUT2D eigenvalue weighted by Gasteiger charge is 2.32. The van der Waals surface area contributed by atoms with Crippen molar-refractivity contribution in [1.82, 2.24) is 10.2 Å². The van der Waals surface area contributed by atoms with Gasteiger partial charge in [-0.05, 0) is 18.3 Å². The molecule has 5 nitrogen and oxygen atoms in total. The maximum absolute atomic E-state index is 12.2. The Kier molecular flexibility index (Phi) is 4.73. The number of carbonyl (C=O) groups is 2. The molecule has 0 aliphatic carbocycles. The van der Waals surface area contributed by atoms with Gasteiger partial charge in [-0.3, -0.25) is 9.59 Å². The third-order valence-electron chi connectivity index (χ3n) is 3.41. The molecule has 1 heterocycles. The van der Waals surface area contributed by atoms with Gasteiger partial charge in [0.25, 0.3) is 0 Å². The maximum atomic E-state index is 12.2. The van der Waals surface area contributed by atoms with E-state index in [0.29, 0.717) is 13.1 Å². The summed E-state index contributed by atoms with van der Waals surface area (Å²) in [5.41, 5.74) is 5.76. The zero-order chi connectivity index (χ0) is 13.9. The largest absolute Gasteiger partial charge is 0.353 e. The van der Waals surface area contributed by atoms with Crippen LogP contribution in [0.3, 0.4) is 0 Å². The van der Waals surface area contributed by atoms with Gasteiger partial charge in [-0.1, -0.05) is 20.8 Å². The molecule has 1 aliphatic heterocycles. The highest BCUT2D eigenvalue weighted by molar-refractivity contribution is 5.82. The number of hydrogen-bond donors (Lipinski definition) is 2. The highest BCUT2D eigenvalue weighted by atomic mass is 16.2. The maximum Gasteiger partial charge on any atom is 0.240 e. The van der Waals surface area contributed by atoms with Gasteiger partial charge in [0.1, 0.15) is 0 Å². The Bertz CT molecular complexity index is 315. The Balaban J connectivity index is 2.48. The Morgan fingerprint density at radius 3 is 2.17 bits per heavy atom. The second-order valence-electron chi connectivity index (χ2n) is 6.14. The van der Waals surface area contributed by atoms with Crippen LogP contribution in [0.5, 0.6) is 0 Å². The molecule has 0 radical (unpaired) electrons. The van der Waals surface area contributed by atoms with Gasteiger partial charge in [0, 0.05) is 26.1 Å². The predicted octanol–water partition coefficient (Wildman–Crippen LogP) is 0.487. The standard InChI is InChI=1S/C13H25N3O2/c1-9(17)15-10-5-7-16(8-6-10)12(18)11(14)13(2,3)4/h10-11H,5-8,14H2,1-4H3,(H,15,17)/t11-/m1/s1. The summed E-state index contributed by atoms with van der Waals surface area (Å²) in [5.74, 6) is 0.00921. The van der Waals surface area contributed by atoms with Crippen molar-refractivity contribution in [2.45, 2.75) is 52.6 Å². The van der Waals surface area contributed by atoms with Gasteiger partial charge in [-0.25, -0.2) is 0 Å². The minimum absolute atomic E-state index is 0.00818. The van der Waals surface area contributed by atoms with Gasteiger partial charge in [-0.15, -0.1) is 0 Å². The smallest absolute Gasteiger partial charge is 0.240 e. The van der Waals surface area contributed by atoms with E-state index >= 15 is 0 Å². The van der Waals surface area contributed by atoms with E-state index in [0.717, 1.165) is 12.8 Å². The average molecular weight is 255 g/mol. The molecule has 1 atom stereocenters. The van der Waals surface area contributed by atoms with Crippen LogP contribution in [0.1, 0.15) is 40.5 Å². The molecule has 1 rings (SSSR count). The lowest BCUT2D eigenvalue weighted by Crippen LogP contribution is -2.54. The van der Waals surface area contributed by atoms with E-state index in [1.807, 2.05) is 25.7 Å². The van der Waals surface area contributed by atoms with E-state index < -0.39 is 6.04 Å². The Labute approximate surface area is 109 Å². The molecule has 0 saturated carbocycles. The van der Waals surface area contributed by atoms with Crippen molar-refractivity contribution >= 4 is 11.8 Å². The van der Waals surface area contributed by atoms with Crippen LogP contribution in [-0.2, 0) is 9.59 Å².